The summed E-state index contributed by atoms with van der Waals surface area (Å²) < 4.78 is 6.91. The van der Waals surface area contributed by atoms with E-state index in [0.29, 0.717) is 0 Å². The van der Waals surface area contributed by atoms with Gasteiger partial charge in [0.05, 0.1) is 4.47 Å². The second kappa shape index (κ2) is 3.02. The third-order valence-electron chi connectivity index (χ3n) is 2.19. The fraction of sp³-hybridized carbons (Fsp3) is 0.364. The molecule has 0 aromatic heterocycles. The smallest absolute Gasteiger partial charge is 0.137 e. The van der Waals surface area contributed by atoms with Crippen molar-refractivity contribution in [3.63, 3.8) is 0 Å². The van der Waals surface area contributed by atoms with Crippen molar-refractivity contribution in [1.82, 2.24) is 0 Å². The van der Waals surface area contributed by atoms with Crippen molar-refractivity contribution in [3.05, 3.63) is 34.7 Å². The van der Waals surface area contributed by atoms with Crippen molar-refractivity contribution in [2.24, 2.45) is 0 Å². The van der Waals surface area contributed by atoms with E-state index in [1.807, 2.05) is 12.1 Å². The highest BCUT2D eigenvalue weighted by molar-refractivity contribution is 9.10. The van der Waals surface area contributed by atoms with Crippen LogP contribution in [-0.4, -0.2) is 5.60 Å². The molecule has 0 saturated heterocycles. The number of halogens is 1. The lowest BCUT2D eigenvalue weighted by atomic mass is 9.94. The normalized spacial score (nSPS) is 19.0. The molecule has 1 aromatic rings. The molecule has 1 aliphatic heterocycles. The Kier molecular flexibility index (Phi) is 2.11. The molecule has 69 valence electrons. The fourth-order valence-corrected chi connectivity index (χ4v) is 1.93. The lowest BCUT2D eigenvalue weighted by Crippen LogP contribution is -2.31. The van der Waals surface area contributed by atoms with Gasteiger partial charge < -0.3 is 4.74 Å². The molecule has 0 atom stereocenters. The molecule has 0 amide bonds. The molecule has 2 rings (SSSR count). The number of ether oxygens (including phenoxy) is 1. The predicted molar refractivity (Wildman–Crippen MR) is 56.9 cm³/mol. The van der Waals surface area contributed by atoms with Gasteiger partial charge >= 0.3 is 0 Å². The number of fused-ring (bicyclic) bond motifs is 1. The van der Waals surface area contributed by atoms with Crippen LogP contribution in [0.25, 0.3) is 0 Å². The first-order valence-corrected chi connectivity index (χ1v) is 5.18. The summed E-state index contributed by atoms with van der Waals surface area (Å²) in [7, 11) is 0. The van der Waals surface area contributed by atoms with E-state index in [4.69, 9.17) is 4.74 Å². The summed E-state index contributed by atoms with van der Waals surface area (Å²) in [6.45, 7) is 4.21. The first-order valence-electron chi connectivity index (χ1n) is 4.39. The summed E-state index contributed by atoms with van der Waals surface area (Å²) in [6.07, 6.45) is 3.19. The summed E-state index contributed by atoms with van der Waals surface area (Å²) in [5.74, 6) is 0.971. The highest BCUT2D eigenvalue weighted by Gasteiger charge is 2.27. The van der Waals surface area contributed by atoms with Gasteiger partial charge in [0, 0.05) is 0 Å². The van der Waals surface area contributed by atoms with Crippen LogP contribution in [0.3, 0.4) is 0 Å². The number of hydrogen-bond donors (Lipinski definition) is 0. The van der Waals surface area contributed by atoms with Crippen LogP contribution in [0.1, 0.15) is 25.8 Å². The predicted octanol–water partition coefficient (Wildman–Crippen LogP) is 3.56. The van der Waals surface area contributed by atoms with Gasteiger partial charge in [-0.3, -0.25) is 0 Å². The third kappa shape index (κ3) is 1.73. The van der Waals surface area contributed by atoms with E-state index in [0.717, 1.165) is 16.6 Å². The summed E-state index contributed by atoms with van der Waals surface area (Å²) in [6, 6.07) is 6.12. The second-order valence-corrected chi connectivity index (χ2v) is 4.78. The highest BCUT2D eigenvalue weighted by atomic mass is 79.9. The standard InChI is InChI=1S/C11H12BrO/c1-11(2)7-6-8-4-3-5-9(12)10(8)13-11/h3-6H,7H2,1-2H3. The Morgan fingerprint density at radius 3 is 2.92 bits per heavy atom. The zero-order valence-electron chi connectivity index (χ0n) is 7.80. The molecule has 1 radical (unpaired) electrons. The Morgan fingerprint density at radius 1 is 1.38 bits per heavy atom. The van der Waals surface area contributed by atoms with Crippen molar-refractivity contribution in [2.45, 2.75) is 25.9 Å². The minimum absolute atomic E-state index is 0.0725. The Bertz CT molecular complexity index is 331. The van der Waals surface area contributed by atoms with Gasteiger partial charge in [0.25, 0.3) is 0 Å². The van der Waals surface area contributed by atoms with Crippen molar-refractivity contribution in [3.8, 4) is 5.75 Å². The van der Waals surface area contributed by atoms with Crippen molar-refractivity contribution in [1.29, 1.82) is 0 Å². The summed E-state index contributed by atoms with van der Waals surface area (Å²) in [4.78, 5) is 0. The van der Waals surface area contributed by atoms with E-state index in [9.17, 15) is 0 Å². The molecule has 0 fully saturated rings. The van der Waals surface area contributed by atoms with Crippen LogP contribution in [-0.2, 0) is 0 Å². The quantitative estimate of drug-likeness (QED) is 0.673. The first-order chi connectivity index (χ1) is 6.08. The minimum atomic E-state index is -0.0725. The van der Waals surface area contributed by atoms with E-state index in [-0.39, 0.29) is 5.60 Å². The molecule has 0 N–H and O–H groups in total. The van der Waals surface area contributed by atoms with Crippen molar-refractivity contribution < 1.29 is 4.74 Å². The van der Waals surface area contributed by atoms with Gasteiger partial charge in [0.1, 0.15) is 11.4 Å². The number of para-hydroxylation sites is 1. The lowest BCUT2D eigenvalue weighted by molar-refractivity contribution is 0.0977. The zero-order valence-corrected chi connectivity index (χ0v) is 9.39. The second-order valence-electron chi connectivity index (χ2n) is 3.93. The Balaban J connectivity index is 2.44. The van der Waals surface area contributed by atoms with Crippen molar-refractivity contribution >= 4 is 15.9 Å². The fourth-order valence-electron chi connectivity index (χ4n) is 1.47. The van der Waals surface area contributed by atoms with E-state index < -0.39 is 0 Å². The van der Waals surface area contributed by atoms with E-state index >= 15 is 0 Å². The maximum Gasteiger partial charge on any atom is 0.137 e. The van der Waals surface area contributed by atoms with Crippen LogP contribution >= 0.6 is 15.9 Å². The molecular weight excluding hydrogens is 228 g/mol. The number of hydrogen-bond acceptors (Lipinski definition) is 1. The summed E-state index contributed by atoms with van der Waals surface area (Å²) in [5, 5.41) is 0. The largest absolute Gasteiger partial charge is 0.486 e. The van der Waals surface area contributed by atoms with Gasteiger partial charge in [-0.05, 0) is 54.2 Å². The summed E-state index contributed by atoms with van der Waals surface area (Å²) in [5.41, 5.74) is 1.12. The Hall–Kier alpha value is -0.500. The van der Waals surface area contributed by atoms with Gasteiger partial charge in [-0.25, -0.2) is 0 Å². The van der Waals surface area contributed by atoms with Crippen molar-refractivity contribution in [2.75, 3.05) is 0 Å². The van der Waals surface area contributed by atoms with Crippen LogP contribution in [0.5, 0.6) is 5.75 Å². The SMILES string of the molecule is CC1(C)C[CH]c2cccc(Br)c2O1. The third-order valence-corrected chi connectivity index (χ3v) is 2.81. The molecule has 2 heteroatoms. The van der Waals surface area contributed by atoms with Crippen LogP contribution in [0.4, 0.5) is 0 Å². The Labute approximate surface area is 87.2 Å². The topological polar surface area (TPSA) is 9.23 Å². The van der Waals surface area contributed by atoms with Gasteiger partial charge in [-0.15, -0.1) is 0 Å². The molecule has 0 spiro atoms. The zero-order chi connectivity index (χ0) is 9.47. The molecule has 0 aliphatic carbocycles. The molecule has 13 heavy (non-hydrogen) atoms. The van der Waals surface area contributed by atoms with Gasteiger partial charge in [0.15, 0.2) is 0 Å². The van der Waals surface area contributed by atoms with Gasteiger partial charge in [0.2, 0.25) is 0 Å². The molecule has 1 heterocycles. The highest BCUT2D eigenvalue weighted by Crippen LogP contribution is 2.38. The molecule has 0 saturated carbocycles. The van der Waals surface area contributed by atoms with Gasteiger partial charge in [-0.2, -0.15) is 0 Å². The molecule has 1 aliphatic rings. The van der Waals surface area contributed by atoms with E-state index in [2.05, 4.69) is 42.3 Å². The maximum atomic E-state index is 5.87. The lowest BCUT2D eigenvalue weighted by Gasteiger charge is -2.32. The number of rotatable bonds is 0. The monoisotopic (exact) mass is 239 g/mol. The molecule has 1 aromatic carbocycles. The number of benzene rings is 1. The summed E-state index contributed by atoms with van der Waals surface area (Å²) >= 11 is 3.49. The Morgan fingerprint density at radius 2 is 2.15 bits per heavy atom. The molecular formula is C11H12BrO. The van der Waals surface area contributed by atoms with Crippen LogP contribution < -0.4 is 4.74 Å². The molecule has 0 unspecified atom stereocenters. The minimum Gasteiger partial charge on any atom is -0.486 e. The van der Waals surface area contributed by atoms with Crippen LogP contribution in [0, 0.1) is 6.42 Å². The van der Waals surface area contributed by atoms with Crippen LogP contribution in [0.15, 0.2) is 22.7 Å². The average molecular weight is 240 g/mol. The molecule has 0 bridgehead atoms. The van der Waals surface area contributed by atoms with Gasteiger partial charge in [-0.1, -0.05) is 12.1 Å². The maximum absolute atomic E-state index is 5.87. The van der Waals surface area contributed by atoms with Crippen LogP contribution in [0.2, 0.25) is 0 Å². The first kappa shape index (κ1) is 9.07. The average Bonchev–Trinajstić information content (AvgIpc) is 2.06. The van der Waals surface area contributed by atoms with E-state index in [1.165, 1.54) is 5.56 Å². The molecule has 1 nitrogen and oxygen atoms in total. The van der Waals surface area contributed by atoms with E-state index in [1.54, 1.807) is 0 Å².